The van der Waals surface area contributed by atoms with Gasteiger partial charge in [-0.1, -0.05) is 5.16 Å². The Morgan fingerprint density at radius 2 is 2.22 bits per heavy atom. The summed E-state index contributed by atoms with van der Waals surface area (Å²) in [7, 11) is -2.26. The molecule has 0 aliphatic heterocycles. The van der Waals surface area contributed by atoms with Gasteiger partial charge in [-0.25, -0.2) is 8.42 Å². The summed E-state index contributed by atoms with van der Waals surface area (Å²) in [4.78, 5) is 0. The van der Waals surface area contributed by atoms with Gasteiger partial charge in [0, 0.05) is 7.05 Å². The molecule has 0 spiro atoms. The maximum absolute atomic E-state index is 12.3. The monoisotopic (exact) mass is 355 g/mol. The first-order chi connectivity index (χ1) is 8.21. The van der Waals surface area contributed by atoms with Crippen LogP contribution in [0.4, 0.5) is 0 Å². The fourth-order valence-corrected chi connectivity index (χ4v) is 4.93. The summed E-state index contributed by atoms with van der Waals surface area (Å²) in [6.45, 7) is 3.36. The minimum Gasteiger partial charge on any atom is -0.409 e. The van der Waals surface area contributed by atoms with Gasteiger partial charge in [-0.15, -0.1) is 11.3 Å². The van der Waals surface area contributed by atoms with E-state index in [4.69, 9.17) is 10.9 Å². The Morgan fingerprint density at radius 1 is 1.67 bits per heavy atom. The van der Waals surface area contributed by atoms with E-state index in [1.165, 1.54) is 7.05 Å². The second-order valence-electron chi connectivity index (χ2n) is 3.74. The topological polar surface area (TPSA) is 96.0 Å². The molecule has 9 heteroatoms. The van der Waals surface area contributed by atoms with Crippen LogP contribution in [0, 0.1) is 6.92 Å². The van der Waals surface area contributed by atoms with Crippen LogP contribution < -0.4 is 5.73 Å². The van der Waals surface area contributed by atoms with Gasteiger partial charge in [0.05, 0.1) is 9.83 Å². The largest absolute Gasteiger partial charge is 0.409 e. The van der Waals surface area contributed by atoms with Crippen molar-refractivity contribution in [1.82, 2.24) is 4.31 Å². The number of aryl methyl sites for hydroxylation is 1. The Bertz CT molecular complexity index is 548. The molecule has 0 amide bonds. The zero-order valence-corrected chi connectivity index (χ0v) is 13.3. The molecule has 1 aromatic rings. The second kappa shape index (κ2) is 5.55. The fraction of sp³-hybridized carbons (Fsp3) is 0.444. The molecule has 1 atom stereocenters. The highest BCUT2D eigenvalue weighted by Crippen LogP contribution is 2.32. The van der Waals surface area contributed by atoms with E-state index in [1.807, 2.05) is 6.92 Å². The van der Waals surface area contributed by atoms with E-state index >= 15 is 0 Å². The molecule has 3 N–H and O–H groups in total. The van der Waals surface area contributed by atoms with Gasteiger partial charge in [0.2, 0.25) is 0 Å². The van der Waals surface area contributed by atoms with Gasteiger partial charge in [-0.2, -0.15) is 4.31 Å². The molecule has 0 saturated carbocycles. The smallest absolute Gasteiger partial charge is 0.253 e. The van der Waals surface area contributed by atoms with Crippen molar-refractivity contribution in [2.45, 2.75) is 24.1 Å². The third-order valence-corrected chi connectivity index (χ3v) is 7.07. The summed E-state index contributed by atoms with van der Waals surface area (Å²) >= 11 is 4.41. The molecular weight excluding hydrogens is 342 g/mol. The number of amidine groups is 1. The highest BCUT2D eigenvalue weighted by molar-refractivity contribution is 9.11. The second-order valence-corrected chi connectivity index (χ2v) is 8.34. The van der Waals surface area contributed by atoms with Crippen molar-refractivity contribution in [3.63, 3.8) is 0 Å². The van der Waals surface area contributed by atoms with Crippen LogP contribution in [0.5, 0.6) is 0 Å². The van der Waals surface area contributed by atoms with Gasteiger partial charge in [0.1, 0.15) is 4.21 Å². The Kier molecular flexibility index (Phi) is 4.76. The standard InChI is InChI=1S/C9H14BrN3O3S2/c1-5-4-7(17-8(5)10)18(15,16)13(3)6(2)9(11)12-14/h4,6,14H,1-3H3,(H2,11,12). The maximum Gasteiger partial charge on any atom is 0.253 e. The number of halogens is 1. The van der Waals surface area contributed by atoms with E-state index in [0.717, 1.165) is 25.0 Å². The Morgan fingerprint density at radius 3 is 2.61 bits per heavy atom. The van der Waals surface area contributed by atoms with Gasteiger partial charge in [-0.3, -0.25) is 0 Å². The molecular formula is C9H14BrN3O3S2. The van der Waals surface area contributed by atoms with E-state index in [0.29, 0.717) is 0 Å². The van der Waals surface area contributed by atoms with E-state index in [-0.39, 0.29) is 10.0 Å². The highest BCUT2D eigenvalue weighted by Gasteiger charge is 2.29. The third-order valence-electron chi connectivity index (χ3n) is 2.56. The summed E-state index contributed by atoms with van der Waals surface area (Å²) in [5.74, 6) is -0.159. The number of rotatable bonds is 4. The van der Waals surface area contributed by atoms with Gasteiger partial charge >= 0.3 is 0 Å². The maximum atomic E-state index is 12.3. The predicted octanol–water partition coefficient (Wildman–Crippen LogP) is 1.57. The molecule has 0 bridgehead atoms. The first-order valence-electron chi connectivity index (χ1n) is 4.93. The lowest BCUT2D eigenvalue weighted by Gasteiger charge is -2.22. The number of likely N-dealkylation sites (N-methyl/N-ethyl adjacent to an activating group) is 1. The molecule has 0 aromatic carbocycles. The van der Waals surface area contributed by atoms with Crippen molar-refractivity contribution in [3.8, 4) is 0 Å². The molecule has 18 heavy (non-hydrogen) atoms. The Balaban J connectivity index is 3.15. The average molecular weight is 356 g/mol. The number of hydrogen-bond acceptors (Lipinski definition) is 5. The summed E-state index contributed by atoms with van der Waals surface area (Å²) in [5, 5.41) is 11.4. The lowest BCUT2D eigenvalue weighted by atomic mass is 10.3. The molecule has 0 aliphatic rings. The molecule has 6 nitrogen and oxygen atoms in total. The number of sulfonamides is 1. The van der Waals surface area contributed by atoms with Crippen molar-refractivity contribution >= 4 is 43.1 Å². The van der Waals surface area contributed by atoms with Gasteiger partial charge in [0.15, 0.2) is 5.84 Å². The molecule has 1 aromatic heterocycles. The molecule has 102 valence electrons. The van der Waals surface area contributed by atoms with Gasteiger partial charge < -0.3 is 10.9 Å². The summed E-state index contributed by atoms with van der Waals surface area (Å²) < 4.78 is 26.6. The molecule has 1 rings (SSSR count). The van der Waals surface area contributed by atoms with E-state index < -0.39 is 16.1 Å². The fourth-order valence-electron chi connectivity index (χ4n) is 1.18. The third kappa shape index (κ3) is 2.85. The van der Waals surface area contributed by atoms with Crippen LogP contribution in [0.3, 0.4) is 0 Å². The summed E-state index contributed by atoms with van der Waals surface area (Å²) in [6.07, 6.45) is 0. The minimum absolute atomic E-state index is 0.159. The zero-order chi connectivity index (χ0) is 14.1. The van der Waals surface area contributed by atoms with Crippen molar-refractivity contribution < 1.29 is 13.6 Å². The van der Waals surface area contributed by atoms with Crippen LogP contribution >= 0.6 is 27.3 Å². The molecule has 1 unspecified atom stereocenters. The van der Waals surface area contributed by atoms with Crippen LogP contribution in [0.1, 0.15) is 12.5 Å². The first-order valence-corrected chi connectivity index (χ1v) is 7.98. The molecule has 1 heterocycles. The highest BCUT2D eigenvalue weighted by atomic mass is 79.9. The number of oxime groups is 1. The first kappa shape index (κ1) is 15.4. The normalized spacial score (nSPS) is 15.1. The van der Waals surface area contributed by atoms with E-state index in [2.05, 4.69) is 21.1 Å². The SMILES string of the molecule is Cc1cc(S(=O)(=O)N(C)C(C)C(N)=NO)sc1Br. The van der Waals surface area contributed by atoms with Crippen molar-refractivity contribution in [2.75, 3.05) is 7.05 Å². The van der Waals surface area contributed by atoms with E-state index in [1.54, 1.807) is 13.0 Å². The zero-order valence-electron chi connectivity index (χ0n) is 10.1. The van der Waals surface area contributed by atoms with Gasteiger partial charge in [-0.05, 0) is 41.4 Å². The average Bonchev–Trinajstić information content (AvgIpc) is 2.67. The molecule has 0 fully saturated rings. The summed E-state index contributed by atoms with van der Waals surface area (Å²) in [5.41, 5.74) is 6.27. The quantitative estimate of drug-likeness (QED) is 0.370. The van der Waals surface area contributed by atoms with Crippen LogP contribution in [-0.4, -0.2) is 36.9 Å². The number of nitrogens with two attached hydrogens (primary N) is 1. The van der Waals surface area contributed by atoms with Crippen molar-refractivity contribution in [1.29, 1.82) is 0 Å². The summed E-state index contributed by atoms with van der Waals surface area (Å²) in [6, 6.07) is 0.862. The lowest BCUT2D eigenvalue weighted by molar-refractivity contribution is 0.311. The van der Waals surface area contributed by atoms with Crippen LogP contribution in [-0.2, 0) is 10.0 Å². The molecule has 0 aliphatic carbocycles. The number of nitrogens with zero attached hydrogens (tertiary/aromatic N) is 2. The Hall–Kier alpha value is -0.640. The minimum atomic E-state index is -3.65. The predicted molar refractivity (Wildman–Crippen MR) is 74.6 cm³/mol. The van der Waals surface area contributed by atoms with E-state index in [9.17, 15) is 8.42 Å². The molecule has 0 radical (unpaired) electrons. The van der Waals surface area contributed by atoms with Crippen LogP contribution in [0.2, 0.25) is 0 Å². The molecule has 0 saturated heterocycles. The van der Waals surface area contributed by atoms with Crippen LogP contribution in [0.25, 0.3) is 0 Å². The Labute approximate surface area is 118 Å². The van der Waals surface area contributed by atoms with Crippen molar-refractivity contribution in [2.24, 2.45) is 10.9 Å². The lowest BCUT2D eigenvalue weighted by Crippen LogP contribution is -2.43. The van der Waals surface area contributed by atoms with Gasteiger partial charge in [0.25, 0.3) is 10.0 Å². The number of hydrogen-bond donors (Lipinski definition) is 2. The van der Waals surface area contributed by atoms with Crippen molar-refractivity contribution in [3.05, 3.63) is 15.4 Å². The number of thiophene rings is 1. The van der Waals surface area contributed by atoms with Crippen LogP contribution in [0.15, 0.2) is 19.2 Å².